The van der Waals surface area contributed by atoms with Crippen LogP contribution in [0.1, 0.15) is 277 Å². The number of carbonyl (C=O) groups is 1. The summed E-state index contributed by atoms with van der Waals surface area (Å²) in [4.78, 5) is 12.5. The van der Waals surface area contributed by atoms with Gasteiger partial charge < -0.3 is 20.6 Å². The van der Waals surface area contributed by atoms with E-state index in [1.165, 1.54) is 218 Å². The summed E-state index contributed by atoms with van der Waals surface area (Å²) >= 11 is 0. The molecule has 0 aromatic rings. The molecule has 0 heterocycles. The SMILES string of the molecule is CCCCCCCCCCCCCCCCCCC/C=C/CC/C=C/C(O)C(CO)NC(=O)C(O)CCCCCCCCCCCCCCCCCCCCCC. The summed E-state index contributed by atoms with van der Waals surface area (Å²) in [6, 6.07) is -0.812. The maximum absolute atomic E-state index is 12.5. The van der Waals surface area contributed by atoms with Gasteiger partial charge in [0.25, 0.3) is 0 Å². The number of amides is 1. The molecule has 0 spiro atoms. The topological polar surface area (TPSA) is 89.8 Å². The van der Waals surface area contributed by atoms with Crippen molar-refractivity contribution in [3.05, 3.63) is 24.3 Å². The summed E-state index contributed by atoms with van der Waals surface area (Å²) in [6.45, 7) is 4.20. The fourth-order valence-corrected chi connectivity index (χ4v) is 8.03. The molecule has 1 amide bonds. The lowest BCUT2D eigenvalue weighted by atomic mass is 10.0. The molecule has 338 valence electrons. The molecular formula is C52H101NO4. The van der Waals surface area contributed by atoms with Crippen LogP contribution in [-0.2, 0) is 4.79 Å². The molecule has 4 N–H and O–H groups in total. The van der Waals surface area contributed by atoms with Crippen LogP contribution in [0.25, 0.3) is 0 Å². The highest BCUT2D eigenvalue weighted by molar-refractivity contribution is 5.80. The quantitative estimate of drug-likeness (QED) is 0.0364. The van der Waals surface area contributed by atoms with Gasteiger partial charge >= 0.3 is 0 Å². The van der Waals surface area contributed by atoms with Gasteiger partial charge in [-0.1, -0.05) is 269 Å². The Morgan fingerprint density at radius 1 is 0.421 bits per heavy atom. The third-order valence-corrected chi connectivity index (χ3v) is 12.0. The van der Waals surface area contributed by atoms with E-state index in [4.69, 9.17) is 0 Å². The van der Waals surface area contributed by atoms with E-state index in [1.807, 2.05) is 6.08 Å². The second-order valence-corrected chi connectivity index (χ2v) is 17.7. The summed E-state index contributed by atoms with van der Waals surface area (Å²) in [6.07, 6.45) is 59.5. The van der Waals surface area contributed by atoms with Crippen molar-refractivity contribution in [1.82, 2.24) is 5.32 Å². The maximum Gasteiger partial charge on any atom is 0.249 e. The van der Waals surface area contributed by atoms with Crippen LogP contribution >= 0.6 is 0 Å². The first-order valence-corrected chi connectivity index (χ1v) is 25.7. The molecule has 0 radical (unpaired) electrons. The molecule has 0 aliphatic rings. The molecule has 0 saturated carbocycles. The second-order valence-electron chi connectivity index (χ2n) is 17.7. The van der Waals surface area contributed by atoms with Gasteiger partial charge in [0.05, 0.1) is 18.8 Å². The molecule has 3 atom stereocenters. The number of aliphatic hydroxyl groups excluding tert-OH is 3. The van der Waals surface area contributed by atoms with Gasteiger partial charge in [-0.25, -0.2) is 0 Å². The lowest BCUT2D eigenvalue weighted by molar-refractivity contribution is -0.131. The van der Waals surface area contributed by atoms with E-state index in [9.17, 15) is 20.1 Å². The molecule has 0 aromatic carbocycles. The zero-order chi connectivity index (χ0) is 41.5. The van der Waals surface area contributed by atoms with Crippen molar-refractivity contribution < 1.29 is 20.1 Å². The minimum atomic E-state index is -1.10. The lowest BCUT2D eigenvalue weighted by Crippen LogP contribution is -2.48. The zero-order valence-electron chi connectivity index (χ0n) is 38.5. The number of aliphatic hydroxyl groups is 3. The predicted octanol–water partition coefficient (Wildman–Crippen LogP) is 15.3. The van der Waals surface area contributed by atoms with E-state index in [0.717, 1.165) is 38.5 Å². The number of allylic oxidation sites excluding steroid dienone is 3. The Morgan fingerprint density at radius 3 is 1.07 bits per heavy atom. The van der Waals surface area contributed by atoms with Gasteiger partial charge in [-0.15, -0.1) is 0 Å². The third kappa shape index (κ3) is 42.8. The minimum absolute atomic E-state index is 0.372. The smallest absolute Gasteiger partial charge is 0.249 e. The maximum atomic E-state index is 12.5. The molecule has 5 nitrogen and oxygen atoms in total. The molecular weight excluding hydrogens is 703 g/mol. The standard InChI is InChI=1S/C52H101NO4/c1-3-5-7-9-11-13-15-17-19-21-23-25-26-27-29-30-32-34-36-38-40-42-44-46-50(55)49(48-54)53-52(57)51(56)47-45-43-41-39-37-35-33-31-28-24-22-20-18-16-14-12-10-8-6-4-2/h36,38,44,46,49-51,54-56H,3-35,37,39-43,45,47-48H2,1-2H3,(H,53,57)/b38-36+,46-44+. The average Bonchev–Trinajstić information content (AvgIpc) is 3.22. The number of hydrogen-bond acceptors (Lipinski definition) is 4. The molecule has 3 unspecified atom stereocenters. The molecule has 5 heteroatoms. The molecule has 0 fully saturated rings. The first kappa shape index (κ1) is 55.8. The molecule has 57 heavy (non-hydrogen) atoms. The lowest BCUT2D eigenvalue weighted by Gasteiger charge is -2.21. The van der Waals surface area contributed by atoms with Crippen molar-refractivity contribution in [2.75, 3.05) is 6.61 Å². The second kappa shape index (κ2) is 47.5. The van der Waals surface area contributed by atoms with Crippen LogP contribution in [0.5, 0.6) is 0 Å². The van der Waals surface area contributed by atoms with E-state index in [0.29, 0.717) is 6.42 Å². The average molecular weight is 804 g/mol. The van der Waals surface area contributed by atoms with Crippen molar-refractivity contribution >= 4 is 5.91 Å². The highest BCUT2D eigenvalue weighted by Gasteiger charge is 2.22. The fourth-order valence-electron chi connectivity index (χ4n) is 8.03. The van der Waals surface area contributed by atoms with Crippen LogP contribution in [0.15, 0.2) is 24.3 Å². The zero-order valence-corrected chi connectivity index (χ0v) is 38.5. The molecule has 0 aliphatic carbocycles. The molecule has 0 aliphatic heterocycles. The normalized spacial score (nSPS) is 13.6. The predicted molar refractivity (Wildman–Crippen MR) is 250 cm³/mol. The Morgan fingerprint density at radius 2 is 0.719 bits per heavy atom. The van der Waals surface area contributed by atoms with E-state index in [1.54, 1.807) is 6.08 Å². The van der Waals surface area contributed by atoms with E-state index >= 15 is 0 Å². The summed E-state index contributed by atoms with van der Waals surface area (Å²) in [5, 5.41) is 33.3. The van der Waals surface area contributed by atoms with Crippen LogP contribution in [0.2, 0.25) is 0 Å². The van der Waals surface area contributed by atoms with Crippen LogP contribution in [0.3, 0.4) is 0 Å². The van der Waals surface area contributed by atoms with E-state index < -0.39 is 24.2 Å². The number of rotatable bonds is 47. The number of unbranched alkanes of at least 4 members (excludes halogenated alkanes) is 37. The fraction of sp³-hybridized carbons (Fsp3) is 0.904. The Bertz CT molecular complexity index is 844. The van der Waals surface area contributed by atoms with Crippen molar-refractivity contribution in [2.24, 2.45) is 0 Å². The first-order valence-electron chi connectivity index (χ1n) is 25.7. The molecule has 0 aromatic heterocycles. The Balaban J connectivity index is 3.63. The first-order chi connectivity index (χ1) is 28.1. The molecule has 0 rings (SSSR count). The van der Waals surface area contributed by atoms with Gasteiger partial charge in [0.1, 0.15) is 6.10 Å². The summed E-state index contributed by atoms with van der Waals surface area (Å²) in [5.41, 5.74) is 0. The van der Waals surface area contributed by atoms with Gasteiger partial charge in [-0.05, 0) is 32.1 Å². The Kier molecular flexibility index (Phi) is 46.5. The van der Waals surface area contributed by atoms with Gasteiger partial charge in [-0.2, -0.15) is 0 Å². The summed E-state index contributed by atoms with van der Waals surface area (Å²) in [5.74, 6) is -0.508. The van der Waals surface area contributed by atoms with Crippen molar-refractivity contribution in [3.63, 3.8) is 0 Å². The van der Waals surface area contributed by atoms with E-state index in [-0.39, 0.29) is 6.61 Å². The molecule has 0 saturated heterocycles. The van der Waals surface area contributed by atoms with Gasteiger partial charge in [0, 0.05) is 0 Å². The minimum Gasteiger partial charge on any atom is -0.394 e. The Hall–Kier alpha value is -1.17. The van der Waals surface area contributed by atoms with Crippen LogP contribution in [-0.4, -0.2) is 46.1 Å². The van der Waals surface area contributed by atoms with Crippen LogP contribution < -0.4 is 5.32 Å². The van der Waals surface area contributed by atoms with Crippen molar-refractivity contribution in [3.8, 4) is 0 Å². The highest BCUT2D eigenvalue weighted by atomic mass is 16.3. The Labute approximate surface area is 356 Å². The number of nitrogens with one attached hydrogen (secondary N) is 1. The number of hydrogen-bond donors (Lipinski definition) is 4. The summed E-state index contributed by atoms with van der Waals surface area (Å²) < 4.78 is 0. The van der Waals surface area contributed by atoms with Crippen molar-refractivity contribution in [1.29, 1.82) is 0 Å². The van der Waals surface area contributed by atoms with Gasteiger partial charge in [0.2, 0.25) is 5.91 Å². The highest BCUT2D eigenvalue weighted by Crippen LogP contribution is 2.17. The summed E-state index contributed by atoms with van der Waals surface area (Å²) in [7, 11) is 0. The molecule has 0 bridgehead atoms. The number of carbonyl (C=O) groups excluding carboxylic acids is 1. The largest absolute Gasteiger partial charge is 0.394 e. The van der Waals surface area contributed by atoms with Crippen LogP contribution in [0, 0.1) is 0 Å². The van der Waals surface area contributed by atoms with Crippen LogP contribution in [0.4, 0.5) is 0 Å². The van der Waals surface area contributed by atoms with Crippen molar-refractivity contribution in [2.45, 2.75) is 295 Å². The monoisotopic (exact) mass is 804 g/mol. The van der Waals surface area contributed by atoms with Gasteiger partial charge in [0.15, 0.2) is 0 Å². The third-order valence-electron chi connectivity index (χ3n) is 12.0. The van der Waals surface area contributed by atoms with E-state index in [2.05, 4.69) is 31.3 Å². The van der Waals surface area contributed by atoms with Gasteiger partial charge in [-0.3, -0.25) is 4.79 Å².